The normalized spacial score (nSPS) is 11.1. The molecule has 0 unspecified atom stereocenters. The maximum absolute atomic E-state index is 9.46. The van der Waals surface area contributed by atoms with E-state index in [1.54, 1.807) is 7.11 Å². The molecule has 2 aromatic carbocycles. The molecule has 26 heavy (non-hydrogen) atoms. The summed E-state index contributed by atoms with van der Waals surface area (Å²) in [6.45, 7) is 4.06. The number of nitrogens with zero attached hydrogens (tertiary/aromatic N) is 3. The van der Waals surface area contributed by atoms with Crippen LogP contribution < -0.4 is 10.2 Å². The molecule has 0 atom stereocenters. The van der Waals surface area contributed by atoms with Gasteiger partial charge < -0.3 is 4.74 Å². The Hall–Kier alpha value is -3.17. The van der Waals surface area contributed by atoms with Gasteiger partial charge in [-0.25, -0.2) is 4.98 Å². The number of aromatic nitrogens is 1. The second kappa shape index (κ2) is 7.81. The van der Waals surface area contributed by atoms with Gasteiger partial charge in [0.2, 0.25) is 0 Å². The van der Waals surface area contributed by atoms with E-state index in [9.17, 15) is 5.26 Å². The maximum Gasteiger partial charge on any atom is 0.196 e. The molecule has 0 amide bonds. The molecule has 1 heterocycles. The molecule has 5 nitrogen and oxygen atoms in total. The summed E-state index contributed by atoms with van der Waals surface area (Å²) in [5.74, 6) is 0.793. The Bertz CT molecular complexity index is 984. The van der Waals surface area contributed by atoms with Crippen LogP contribution >= 0.6 is 11.3 Å². The van der Waals surface area contributed by atoms with E-state index in [1.807, 2.05) is 61.7 Å². The highest BCUT2D eigenvalue weighted by Gasteiger charge is 2.11. The third-order valence-corrected chi connectivity index (χ3v) is 4.94. The number of hydrogen-bond donors (Lipinski definition) is 1. The highest BCUT2D eigenvalue weighted by molar-refractivity contribution is 7.12. The number of benzene rings is 2. The van der Waals surface area contributed by atoms with Gasteiger partial charge in [0.25, 0.3) is 0 Å². The van der Waals surface area contributed by atoms with Crippen molar-refractivity contribution in [2.75, 3.05) is 12.5 Å². The van der Waals surface area contributed by atoms with Crippen molar-refractivity contribution in [3.63, 3.8) is 0 Å². The van der Waals surface area contributed by atoms with E-state index in [-0.39, 0.29) is 5.71 Å². The fourth-order valence-electron chi connectivity index (χ4n) is 2.39. The number of methoxy groups -OCH3 is 1. The Balaban J connectivity index is 1.83. The SMILES string of the molecule is COc1ccc(-c2csc(/C(C#N)=N/Nc3cccc(C)c3C)n2)cc1. The van der Waals surface area contributed by atoms with Gasteiger partial charge >= 0.3 is 0 Å². The van der Waals surface area contributed by atoms with E-state index in [1.165, 1.54) is 16.9 Å². The molecule has 0 fully saturated rings. The number of thiazole rings is 1. The molecule has 0 aliphatic heterocycles. The first-order valence-corrected chi connectivity index (χ1v) is 8.90. The van der Waals surface area contributed by atoms with Gasteiger partial charge in [0.05, 0.1) is 18.5 Å². The molecule has 0 aliphatic carbocycles. The number of aryl methyl sites for hydroxylation is 1. The number of ether oxygens (including phenoxy) is 1. The fourth-order valence-corrected chi connectivity index (χ4v) is 3.15. The van der Waals surface area contributed by atoms with Crippen LogP contribution in [0, 0.1) is 25.2 Å². The summed E-state index contributed by atoms with van der Waals surface area (Å²) in [7, 11) is 1.63. The minimum atomic E-state index is 0.260. The quantitative estimate of drug-likeness (QED) is 0.524. The van der Waals surface area contributed by atoms with Crippen LogP contribution in [-0.2, 0) is 0 Å². The van der Waals surface area contributed by atoms with Gasteiger partial charge in [-0.15, -0.1) is 11.3 Å². The zero-order valence-corrected chi connectivity index (χ0v) is 15.6. The Morgan fingerprint density at radius 3 is 2.65 bits per heavy atom. The Morgan fingerprint density at radius 1 is 1.19 bits per heavy atom. The van der Waals surface area contributed by atoms with Crippen LogP contribution in [0.5, 0.6) is 5.75 Å². The molecular formula is C20H18N4OS. The summed E-state index contributed by atoms with van der Waals surface area (Å²) in [6.07, 6.45) is 0. The minimum absolute atomic E-state index is 0.260. The van der Waals surface area contributed by atoms with E-state index >= 15 is 0 Å². The van der Waals surface area contributed by atoms with Gasteiger partial charge in [-0.1, -0.05) is 12.1 Å². The average molecular weight is 362 g/mol. The van der Waals surface area contributed by atoms with E-state index in [0.717, 1.165) is 28.3 Å². The molecule has 3 aromatic rings. The molecule has 0 aliphatic rings. The van der Waals surface area contributed by atoms with Crippen molar-refractivity contribution >= 4 is 22.7 Å². The van der Waals surface area contributed by atoms with Gasteiger partial charge in [-0.3, -0.25) is 5.43 Å². The van der Waals surface area contributed by atoms with Crippen molar-refractivity contribution in [2.45, 2.75) is 13.8 Å². The lowest BCUT2D eigenvalue weighted by molar-refractivity contribution is 0.415. The van der Waals surface area contributed by atoms with Crippen LogP contribution in [0.15, 0.2) is 52.9 Å². The van der Waals surface area contributed by atoms with E-state index in [0.29, 0.717) is 5.01 Å². The number of anilines is 1. The van der Waals surface area contributed by atoms with E-state index in [4.69, 9.17) is 4.74 Å². The lowest BCUT2D eigenvalue weighted by Gasteiger charge is -2.07. The Kier molecular flexibility index (Phi) is 5.30. The second-order valence-corrected chi connectivity index (χ2v) is 6.56. The van der Waals surface area contributed by atoms with Crippen LogP contribution in [0.2, 0.25) is 0 Å². The third kappa shape index (κ3) is 3.73. The van der Waals surface area contributed by atoms with Crippen LogP contribution in [0.1, 0.15) is 16.1 Å². The smallest absolute Gasteiger partial charge is 0.196 e. The fraction of sp³-hybridized carbons (Fsp3) is 0.150. The number of nitrogens with one attached hydrogen (secondary N) is 1. The largest absolute Gasteiger partial charge is 0.497 e. The van der Waals surface area contributed by atoms with Crippen molar-refractivity contribution in [1.82, 2.24) is 4.98 Å². The predicted molar refractivity (Wildman–Crippen MR) is 106 cm³/mol. The second-order valence-electron chi connectivity index (χ2n) is 5.70. The molecule has 0 saturated carbocycles. The van der Waals surface area contributed by atoms with Crippen molar-refractivity contribution in [2.24, 2.45) is 5.10 Å². The number of hydrogen-bond acceptors (Lipinski definition) is 6. The van der Waals surface area contributed by atoms with Crippen LogP contribution in [0.3, 0.4) is 0 Å². The number of rotatable bonds is 5. The predicted octanol–water partition coefficient (Wildman–Crippen LogP) is 4.78. The summed E-state index contributed by atoms with van der Waals surface area (Å²) in [5, 5.41) is 16.2. The highest BCUT2D eigenvalue weighted by Crippen LogP contribution is 2.25. The summed E-state index contributed by atoms with van der Waals surface area (Å²) in [6, 6.07) is 15.7. The zero-order valence-electron chi connectivity index (χ0n) is 14.8. The molecule has 1 aromatic heterocycles. The maximum atomic E-state index is 9.46. The average Bonchev–Trinajstić information content (AvgIpc) is 3.15. The lowest BCUT2D eigenvalue weighted by Crippen LogP contribution is -2.02. The Labute approximate surface area is 156 Å². The molecule has 0 spiro atoms. The topological polar surface area (TPSA) is 70.3 Å². The van der Waals surface area contributed by atoms with Gasteiger partial charge in [-0.2, -0.15) is 10.4 Å². The van der Waals surface area contributed by atoms with E-state index < -0.39 is 0 Å². The molecule has 3 rings (SSSR count). The molecule has 6 heteroatoms. The van der Waals surface area contributed by atoms with Crippen LogP contribution in [0.25, 0.3) is 11.3 Å². The van der Waals surface area contributed by atoms with Crippen LogP contribution in [-0.4, -0.2) is 17.8 Å². The van der Waals surface area contributed by atoms with E-state index in [2.05, 4.69) is 21.6 Å². The van der Waals surface area contributed by atoms with Gasteiger partial charge in [0, 0.05) is 10.9 Å². The van der Waals surface area contributed by atoms with Gasteiger partial charge in [0.15, 0.2) is 10.7 Å². The monoisotopic (exact) mass is 362 g/mol. The molecule has 0 bridgehead atoms. The molecule has 130 valence electrons. The van der Waals surface area contributed by atoms with Gasteiger partial charge in [-0.05, 0) is 55.3 Å². The van der Waals surface area contributed by atoms with Crippen molar-refractivity contribution in [1.29, 1.82) is 5.26 Å². The summed E-state index contributed by atoms with van der Waals surface area (Å²) >= 11 is 1.39. The minimum Gasteiger partial charge on any atom is -0.497 e. The summed E-state index contributed by atoms with van der Waals surface area (Å²) < 4.78 is 5.17. The summed E-state index contributed by atoms with van der Waals surface area (Å²) in [5.41, 5.74) is 8.17. The first-order valence-electron chi connectivity index (χ1n) is 8.02. The first kappa shape index (κ1) is 17.6. The third-order valence-electron chi connectivity index (χ3n) is 4.09. The zero-order chi connectivity index (χ0) is 18.5. The summed E-state index contributed by atoms with van der Waals surface area (Å²) in [4.78, 5) is 4.54. The lowest BCUT2D eigenvalue weighted by atomic mass is 10.1. The van der Waals surface area contributed by atoms with Crippen molar-refractivity contribution in [3.05, 3.63) is 64.0 Å². The number of hydrazone groups is 1. The van der Waals surface area contributed by atoms with Gasteiger partial charge in [0.1, 0.15) is 11.8 Å². The molecule has 0 saturated heterocycles. The molecule has 1 N–H and O–H groups in total. The van der Waals surface area contributed by atoms with Crippen molar-refractivity contribution < 1.29 is 4.74 Å². The number of nitriles is 1. The Morgan fingerprint density at radius 2 is 1.96 bits per heavy atom. The standard InChI is InChI=1S/C20H18N4OS/c1-13-5-4-6-17(14(13)2)23-24-18(11-21)20-22-19(12-26-20)15-7-9-16(25-3)10-8-15/h4-10,12,23H,1-3H3/b24-18+. The van der Waals surface area contributed by atoms with Crippen LogP contribution in [0.4, 0.5) is 5.69 Å². The van der Waals surface area contributed by atoms with Crippen molar-refractivity contribution in [3.8, 4) is 23.1 Å². The first-order chi connectivity index (χ1) is 12.6. The molecular weight excluding hydrogens is 344 g/mol. The molecule has 0 radical (unpaired) electrons. The highest BCUT2D eigenvalue weighted by atomic mass is 32.1.